The molecule has 2 saturated heterocycles. The Balaban J connectivity index is 1.51. The summed E-state index contributed by atoms with van der Waals surface area (Å²) in [6.07, 6.45) is 4.20. The minimum atomic E-state index is -0.0732. The lowest BCUT2D eigenvalue weighted by Crippen LogP contribution is -2.51. The summed E-state index contributed by atoms with van der Waals surface area (Å²) in [5.74, 6) is 0.836. The molecule has 2 aromatic heterocycles. The van der Waals surface area contributed by atoms with Crippen molar-refractivity contribution in [3.05, 3.63) is 52.8 Å². The normalized spacial score (nSPS) is 21.7. The van der Waals surface area contributed by atoms with Crippen molar-refractivity contribution in [1.29, 1.82) is 0 Å². The molecule has 178 valence electrons. The van der Waals surface area contributed by atoms with Crippen molar-refractivity contribution in [2.24, 2.45) is 0 Å². The third-order valence-electron chi connectivity index (χ3n) is 7.60. The van der Waals surface area contributed by atoms with Crippen LogP contribution in [0.25, 0.3) is 32.9 Å². The number of piperazine rings is 1. The number of nitrogens with one attached hydrogen (secondary N) is 1. The standard InChI is InChI=1S/C27H27N5O3/c1-35-27-29-22-12-23(21-11-19(33)10-15-4-2-3-5-20(15)21)32(18-8-9-18)26(34)24(22)25(30-27)31-13-16-6-7-17(14-31)28-16/h2-5,10-12,16-18,28,33H,6-9,13-14H2,1H3. The molecule has 2 aromatic carbocycles. The SMILES string of the molecule is COc1nc(N2CC3CCC(C2)N3)c2c(=O)n(C3CC3)c(-c3cc(O)cc4ccccc34)cc2n1. The highest BCUT2D eigenvalue weighted by Gasteiger charge is 2.35. The van der Waals surface area contributed by atoms with Crippen LogP contribution in [-0.2, 0) is 0 Å². The lowest BCUT2D eigenvalue weighted by Gasteiger charge is -2.34. The van der Waals surface area contributed by atoms with Crippen LogP contribution in [0.3, 0.4) is 0 Å². The van der Waals surface area contributed by atoms with E-state index in [2.05, 4.69) is 15.2 Å². The molecule has 2 bridgehead atoms. The average molecular weight is 470 g/mol. The van der Waals surface area contributed by atoms with E-state index in [1.54, 1.807) is 19.2 Å². The highest BCUT2D eigenvalue weighted by molar-refractivity contribution is 5.99. The van der Waals surface area contributed by atoms with Gasteiger partial charge in [0.05, 0.1) is 18.3 Å². The molecule has 7 rings (SSSR count). The molecule has 2 unspecified atom stereocenters. The van der Waals surface area contributed by atoms with Crippen LogP contribution in [0.5, 0.6) is 11.8 Å². The number of pyridine rings is 1. The Morgan fingerprint density at radius 3 is 2.54 bits per heavy atom. The predicted octanol–water partition coefficient (Wildman–Crippen LogP) is 3.60. The van der Waals surface area contributed by atoms with Crippen molar-refractivity contribution >= 4 is 27.5 Å². The zero-order valence-corrected chi connectivity index (χ0v) is 19.6. The highest BCUT2D eigenvalue weighted by Crippen LogP contribution is 2.41. The van der Waals surface area contributed by atoms with Gasteiger partial charge in [-0.15, -0.1) is 0 Å². The van der Waals surface area contributed by atoms with Crippen molar-refractivity contribution in [3.63, 3.8) is 0 Å². The largest absolute Gasteiger partial charge is 0.508 e. The van der Waals surface area contributed by atoms with E-state index in [-0.39, 0.29) is 23.4 Å². The van der Waals surface area contributed by atoms with Crippen LogP contribution in [0.2, 0.25) is 0 Å². The van der Waals surface area contributed by atoms with Gasteiger partial charge in [-0.25, -0.2) is 0 Å². The zero-order valence-electron chi connectivity index (χ0n) is 19.6. The third-order valence-corrected chi connectivity index (χ3v) is 7.60. The molecule has 2 aliphatic heterocycles. The van der Waals surface area contributed by atoms with E-state index in [9.17, 15) is 9.90 Å². The van der Waals surface area contributed by atoms with E-state index in [1.165, 1.54) is 0 Å². The van der Waals surface area contributed by atoms with Crippen LogP contribution in [0.1, 0.15) is 31.7 Å². The smallest absolute Gasteiger partial charge is 0.318 e. The monoisotopic (exact) mass is 469 g/mol. The van der Waals surface area contributed by atoms with Crippen molar-refractivity contribution in [1.82, 2.24) is 19.9 Å². The van der Waals surface area contributed by atoms with E-state index in [0.717, 1.165) is 60.8 Å². The number of ether oxygens (including phenoxy) is 1. The molecule has 3 aliphatic rings. The van der Waals surface area contributed by atoms with Crippen molar-refractivity contribution in [2.45, 2.75) is 43.8 Å². The molecule has 4 aromatic rings. The maximum absolute atomic E-state index is 14.2. The first-order valence-electron chi connectivity index (χ1n) is 12.3. The molecule has 2 N–H and O–H groups in total. The van der Waals surface area contributed by atoms with Gasteiger partial charge in [0.15, 0.2) is 0 Å². The molecule has 1 saturated carbocycles. The van der Waals surface area contributed by atoms with Crippen LogP contribution < -0.4 is 20.5 Å². The lowest BCUT2D eigenvalue weighted by atomic mass is 10.00. The lowest BCUT2D eigenvalue weighted by molar-refractivity contribution is 0.380. The fourth-order valence-corrected chi connectivity index (χ4v) is 5.88. The number of aromatic nitrogens is 3. The summed E-state index contributed by atoms with van der Waals surface area (Å²) in [7, 11) is 1.56. The predicted molar refractivity (Wildman–Crippen MR) is 135 cm³/mol. The van der Waals surface area contributed by atoms with Gasteiger partial charge in [-0.05, 0) is 54.7 Å². The second-order valence-corrected chi connectivity index (χ2v) is 9.99. The Bertz CT molecular complexity index is 1530. The molecule has 0 spiro atoms. The van der Waals surface area contributed by atoms with Gasteiger partial charge in [-0.3, -0.25) is 4.79 Å². The molecule has 0 amide bonds. The van der Waals surface area contributed by atoms with Gasteiger partial charge in [0.1, 0.15) is 17.0 Å². The van der Waals surface area contributed by atoms with Crippen LogP contribution >= 0.6 is 0 Å². The van der Waals surface area contributed by atoms with Gasteiger partial charge in [0, 0.05) is 36.8 Å². The summed E-state index contributed by atoms with van der Waals surface area (Å²) >= 11 is 0. The zero-order chi connectivity index (χ0) is 23.7. The fourth-order valence-electron chi connectivity index (χ4n) is 5.88. The van der Waals surface area contributed by atoms with Crippen LogP contribution in [0.4, 0.5) is 5.82 Å². The van der Waals surface area contributed by atoms with Gasteiger partial charge in [-0.1, -0.05) is 24.3 Å². The summed E-state index contributed by atoms with van der Waals surface area (Å²) in [6.45, 7) is 1.63. The Labute approximate surface area is 202 Å². The van der Waals surface area contributed by atoms with Crippen LogP contribution in [0, 0.1) is 0 Å². The maximum Gasteiger partial charge on any atom is 0.318 e. The van der Waals surface area contributed by atoms with Crippen molar-refractivity contribution < 1.29 is 9.84 Å². The first-order valence-corrected chi connectivity index (χ1v) is 12.3. The molecule has 8 heteroatoms. The molecule has 8 nitrogen and oxygen atoms in total. The summed E-state index contributed by atoms with van der Waals surface area (Å²) < 4.78 is 7.38. The number of benzene rings is 2. The second kappa shape index (κ2) is 7.68. The Morgan fingerprint density at radius 1 is 1.03 bits per heavy atom. The summed E-state index contributed by atoms with van der Waals surface area (Å²) in [5, 5.41) is 16.6. The number of methoxy groups -OCH3 is 1. The molecule has 2 atom stereocenters. The number of anilines is 1. The number of hydrogen-bond acceptors (Lipinski definition) is 7. The first-order chi connectivity index (χ1) is 17.1. The van der Waals surface area contributed by atoms with E-state index in [4.69, 9.17) is 9.72 Å². The maximum atomic E-state index is 14.2. The minimum absolute atomic E-state index is 0.0732. The van der Waals surface area contributed by atoms with Crippen molar-refractivity contribution in [2.75, 3.05) is 25.1 Å². The van der Waals surface area contributed by atoms with Crippen LogP contribution in [-0.4, -0.2) is 51.9 Å². The number of phenolic OH excluding ortho intramolecular Hbond substituents is 1. The average Bonchev–Trinajstić information content (AvgIpc) is 3.65. The molecule has 1 aliphatic carbocycles. The topological polar surface area (TPSA) is 92.5 Å². The molecule has 0 radical (unpaired) electrons. The number of rotatable bonds is 4. The fraction of sp³-hybridized carbons (Fsp3) is 0.370. The molecular weight excluding hydrogens is 442 g/mol. The van der Waals surface area contributed by atoms with E-state index < -0.39 is 0 Å². The van der Waals surface area contributed by atoms with E-state index >= 15 is 0 Å². The van der Waals surface area contributed by atoms with E-state index in [0.29, 0.717) is 28.8 Å². The Hall–Kier alpha value is -3.65. The summed E-state index contributed by atoms with van der Waals surface area (Å²) in [4.78, 5) is 25.8. The number of fused-ring (bicyclic) bond motifs is 4. The van der Waals surface area contributed by atoms with Gasteiger partial charge in [-0.2, -0.15) is 9.97 Å². The first kappa shape index (κ1) is 20.7. The van der Waals surface area contributed by atoms with Gasteiger partial charge in [0.2, 0.25) is 0 Å². The van der Waals surface area contributed by atoms with Crippen LogP contribution in [0.15, 0.2) is 47.3 Å². The molecule has 3 fully saturated rings. The number of hydrogen-bond donors (Lipinski definition) is 2. The number of nitrogens with zero attached hydrogens (tertiary/aromatic N) is 4. The van der Waals surface area contributed by atoms with E-state index in [1.807, 2.05) is 34.9 Å². The second-order valence-electron chi connectivity index (χ2n) is 9.99. The highest BCUT2D eigenvalue weighted by atomic mass is 16.5. The van der Waals surface area contributed by atoms with Gasteiger partial charge >= 0.3 is 6.01 Å². The molecule has 35 heavy (non-hydrogen) atoms. The Kier molecular flexibility index (Phi) is 4.54. The van der Waals surface area contributed by atoms with Gasteiger partial charge < -0.3 is 24.6 Å². The summed E-state index contributed by atoms with van der Waals surface area (Å²) in [5.41, 5.74) is 2.09. The molecular formula is C27H27N5O3. The molecule has 4 heterocycles. The van der Waals surface area contributed by atoms with Gasteiger partial charge in [0.25, 0.3) is 5.56 Å². The number of aromatic hydroxyl groups is 1. The Morgan fingerprint density at radius 2 is 1.80 bits per heavy atom. The number of phenols is 1. The summed E-state index contributed by atoms with van der Waals surface area (Å²) in [6, 6.07) is 14.6. The van der Waals surface area contributed by atoms with Crippen molar-refractivity contribution in [3.8, 4) is 23.0 Å². The minimum Gasteiger partial charge on any atom is -0.508 e. The third kappa shape index (κ3) is 3.35. The quantitative estimate of drug-likeness (QED) is 0.472.